The predicted octanol–water partition coefficient (Wildman–Crippen LogP) is 4.37. The number of fused-ring (bicyclic) bond motifs is 3. The van der Waals surface area contributed by atoms with Crippen molar-refractivity contribution in [2.24, 2.45) is 0 Å². The Morgan fingerprint density at radius 1 is 0.941 bits per heavy atom. The lowest BCUT2D eigenvalue weighted by molar-refractivity contribution is -0.117. The highest BCUT2D eigenvalue weighted by molar-refractivity contribution is 6.03. The van der Waals surface area contributed by atoms with Gasteiger partial charge < -0.3 is 14.4 Å². The Labute approximate surface area is 197 Å². The molecule has 3 aromatic heterocycles. The van der Waals surface area contributed by atoms with Crippen LogP contribution in [0.5, 0.6) is 0 Å². The standard InChI is InChI=1S/C27H25N5O2/c1-17-3-8-25(33)32(17)21-6-4-18(5-7-21)19-13-20(16-28-15-19)22-9-10-29-26-23(22)14-24-27(34)30(2)11-12-31(24)26/h4-7,9-10,13-17H,3,8,11-12H2,1-2H3/t17-/m1/s1. The predicted molar refractivity (Wildman–Crippen MR) is 132 cm³/mol. The largest absolute Gasteiger partial charge is 0.339 e. The lowest BCUT2D eigenvalue weighted by Gasteiger charge is -2.24. The molecule has 7 nitrogen and oxygen atoms in total. The summed E-state index contributed by atoms with van der Waals surface area (Å²) in [5.41, 5.74) is 6.45. The van der Waals surface area contributed by atoms with Crippen LogP contribution < -0.4 is 4.90 Å². The number of aromatic nitrogens is 3. The average Bonchev–Trinajstić information content (AvgIpc) is 3.41. The van der Waals surface area contributed by atoms with Crippen molar-refractivity contribution in [3.63, 3.8) is 0 Å². The van der Waals surface area contributed by atoms with Gasteiger partial charge in [0.15, 0.2) is 0 Å². The van der Waals surface area contributed by atoms with Gasteiger partial charge in [0.2, 0.25) is 5.91 Å². The Morgan fingerprint density at radius 2 is 1.74 bits per heavy atom. The summed E-state index contributed by atoms with van der Waals surface area (Å²) in [6.07, 6.45) is 7.01. The molecular weight excluding hydrogens is 426 g/mol. The molecule has 170 valence electrons. The Kier molecular flexibility index (Phi) is 4.72. The summed E-state index contributed by atoms with van der Waals surface area (Å²) in [7, 11) is 1.83. The van der Waals surface area contributed by atoms with Crippen molar-refractivity contribution in [1.82, 2.24) is 19.4 Å². The molecule has 0 aliphatic carbocycles. The second-order valence-corrected chi connectivity index (χ2v) is 9.16. The topological polar surface area (TPSA) is 71.3 Å². The van der Waals surface area contributed by atoms with Crippen molar-refractivity contribution in [2.75, 3.05) is 18.5 Å². The van der Waals surface area contributed by atoms with Gasteiger partial charge in [-0.15, -0.1) is 0 Å². The number of carbonyl (C=O) groups is 2. The van der Waals surface area contributed by atoms with E-state index in [0.717, 1.165) is 51.9 Å². The van der Waals surface area contributed by atoms with Crippen molar-refractivity contribution < 1.29 is 9.59 Å². The summed E-state index contributed by atoms with van der Waals surface area (Å²) in [5.74, 6) is 0.207. The van der Waals surface area contributed by atoms with Gasteiger partial charge in [-0.05, 0) is 54.8 Å². The molecule has 6 rings (SSSR count). The van der Waals surface area contributed by atoms with E-state index in [1.54, 1.807) is 11.1 Å². The highest BCUT2D eigenvalue weighted by Gasteiger charge is 2.29. The highest BCUT2D eigenvalue weighted by Crippen LogP contribution is 2.34. The first-order valence-corrected chi connectivity index (χ1v) is 11.6. The summed E-state index contributed by atoms with van der Waals surface area (Å²) in [6, 6.07) is 14.4. The van der Waals surface area contributed by atoms with Gasteiger partial charge >= 0.3 is 0 Å². The maximum atomic E-state index is 12.7. The van der Waals surface area contributed by atoms with Crippen molar-refractivity contribution >= 4 is 28.5 Å². The number of pyridine rings is 2. The minimum absolute atomic E-state index is 0.0213. The molecule has 4 aromatic rings. The molecule has 2 aliphatic heterocycles. The van der Waals surface area contributed by atoms with Crippen LogP contribution in [0, 0.1) is 0 Å². The highest BCUT2D eigenvalue weighted by atomic mass is 16.2. The Morgan fingerprint density at radius 3 is 2.50 bits per heavy atom. The average molecular weight is 452 g/mol. The number of likely N-dealkylation sites (N-methyl/N-ethyl adjacent to an activating group) is 1. The zero-order valence-electron chi connectivity index (χ0n) is 19.2. The van der Waals surface area contributed by atoms with Crippen molar-refractivity contribution in [1.29, 1.82) is 0 Å². The number of amides is 2. The number of hydrogen-bond donors (Lipinski definition) is 0. The fourth-order valence-corrected chi connectivity index (χ4v) is 5.14. The summed E-state index contributed by atoms with van der Waals surface area (Å²) < 4.78 is 2.01. The molecule has 34 heavy (non-hydrogen) atoms. The smallest absolute Gasteiger partial charge is 0.270 e. The summed E-state index contributed by atoms with van der Waals surface area (Å²) >= 11 is 0. The normalized spacial score (nSPS) is 18.1. The molecule has 1 atom stereocenters. The van der Waals surface area contributed by atoms with Gasteiger partial charge in [-0.2, -0.15) is 0 Å². The summed E-state index contributed by atoms with van der Waals surface area (Å²) in [6.45, 7) is 3.50. The molecule has 0 unspecified atom stereocenters. The molecule has 1 saturated heterocycles. The molecule has 7 heteroatoms. The first kappa shape index (κ1) is 20.6. The van der Waals surface area contributed by atoms with E-state index in [1.807, 2.05) is 65.3 Å². The number of anilines is 1. The minimum Gasteiger partial charge on any atom is -0.339 e. The molecule has 1 fully saturated rings. The maximum Gasteiger partial charge on any atom is 0.270 e. The molecule has 2 aliphatic rings. The van der Waals surface area contributed by atoms with Gasteiger partial charge in [0, 0.05) is 73.4 Å². The molecule has 0 radical (unpaired) electrons. The van der Waals surface area contributed by atoms with Gasteiger partial charge in [0.25, 0.3) is 5.91 Å². The fraction of sp³-hybridized carbons (Fsp3) is 0.259. The molecule has 0 N–H and O–H groups in total. The second kappa shape index (κ2) is 7.80. The van der Waals surface area contributed by atoms with Gasteiger partial charge in [0.05, 0.1) is 0 Å². The third-order valence-corrected chi connectivity index (χ3v) is 7.03. The molecule has 5 heterocycles. The quantitative estimate of drug-likeness (QED) is 0.464. The minimum atomic E-state index is 0.0213. The number of nitrogens with zero attached hydrogens (tertiary/aromatic N) is 5. The van der Waals surface area contributed by atoms with Crippen LogP contribution in [0.1, 0.15) is 30.3 Å². The van der Waals surface area contributed by atoms with E-state index in [2.05, 4.69) is 23.0 Å². The Bertz CT molecular complexity index is 1440. The first-order chi connectivity index (χ1) is 16.5. The third-order valence-electron chi connectivity index (χ3n) is 7.03. The SMILES string of the molecule is C[C@@H]1CCC(=O)N1c1ccc(-c2cncc(-c3ccnc4c3cc3n4CCN(C)C3=O)c2)cc1. The molecular formula is C27H25N5O2. The van der Waals surface area contributed by atoms with E-state index in [4.69, 9.17) is 0 Å². The van der Waals surface area contributed by atoms with E-state index in [-0.39, 0.29) is 17.9 Å². The molecule has 2 amide bonds. The molecule has 0 bridgehead atoms. The zero-order chi connectivity index (χ0) is 23.4. The van der Waals surface area contributed by atoms with Gasteiger partial charge in [0.1, 0.15) is 11.3 Å². The number of benzene rings is 1. The van der Waals surface area contributed by atoms with Crippen LogP contribution in [-0.2, 0) is 11.3 Å². The van der Waals surface area contributed by atoms with Crippen LogP contribution in [-0.4, -0.2) is 50.9 Å². The van der Waals surface area contributed by atoms with E-state index in [1.165, 1.54) is 0 Å². The first-order valence-electron chi connectivity index (χ1n) is 11.6. The van der Waals surface area contributed by atoms with Crippen molar-refractivity contribution in [2.45, 2.75) is 32.4 Å². The number of carbonyl (C=O) groups excluding carboxylic acids is 2. The fourth-order valence-electron chi connectivity index (χ4n) is 5.14. The molecule has 0 spiro atoms. The van der Waals surface area contributed by atoms with E-state index >= 15 is 0 Å². The number of hydrogen-bond acceptors (Lipinski definition) is 4. The summed E-state index contributed by atoms with van der Waals surface area (Å²) in [5, 5.41) is 0.956. The Hall–Kier alpha value is -4.00. The van der Waals surface area contributed by atoms with Crippen molar-refractivity contribution in [3.8, 4) is 22.3 Å². The van der Waals surface area contributed by atoms with E-state index in [0.29, 0.717) is 18.7 Å². The van der Waals surface area contributed by atoms with Crippen LogP contribution in [0.2, 0.25) is 0 Å². The molecule has 1 aromatic carbocycles. The van der Waals surface area contributed by atoms with E-state index < -0.39 is 0 Å². The second-order valence-electron chi connectivity index (χ2n) is 9.16. The van der Waals surface area contributed by atoms with Gasteiger partial charge in [-0.3, -0.25) is 14.6 Å². The van der Waals surface area contributed by atoms with Crippen LogP contribution in [0.4, 0.5) is 5.69 Å². The van der Waals surface area contributed by atoms with Gasteiger partial charge in [-0.25, -0.2) is 4.98 Å². The lowest BCUT2D eigenvalue weighted by Crippen LogP contribution is -2.36. The van der Waals surface area contributed by atoms with Crippen LogP contribution >= 0.6 is 0 Å². The number of rotatable bonds is 3. The zero-order valence-corrected chi connectivity index (χ0v) is 19.2. The van der Waals surface area contributed by atoms with Crippen LogP contribution in [0.3, 0.4) is 0 Å². The third kappa shape index (κ3) is 3.19. The van der Waals surface area contributed by atoms with Gasteiger partial charge in [-0.1, -0.05) is 12.1 Å². The summed E-state index contributed by atoms with van der Waals surface area (Å²) in [4.78, 5) is 37.6. The van der Waals surface area contributed by atoms with Crippen LogP contribution in [0.25, 0.3) is 33.3 Å². The van der Waals surface area contributed by atoms with Crippen LogP contribution in [0.15, 0.2) is 61.1 Å². The Balaban J connectivity index is 1.38. The lowest BCUT2D eigenvalue weighted by atomic mass is 10.0. The maximum absolute atomic E-state index is 12.7. The van der Waals surface area contributed by atoms with E-state index in [9.17, 15) is 9.59 Å². The molecule has 0 saturated carbocycles. The van der Waals surface area contributed by atoms with Crippen molar-refractivity contribution in [3.05, 3.63) is 66.7 Å². The monoisotopic (exact) mass is 451 g/mol.